The summed E-state index contributed by atoms with van der Waals surface area (Å²) in [6.45, 7) is 21.6. The normalized spacial score (nSPS) is 11.6. The molecule has 0 aliphatic rings. The predicted octanol–water partition coefficient (Wildman–Crippen LogP) is 8.82. The highest BCUT2D eigenvalue weighted by Gasteiger charge is 2.02. The molecule has 1 aromatic rings. The monoisotopic (exact) mass is 358 g/mol. The van der Waals surface area contributed by atoms with Gasteiger partial charge in [-0.15, -0.1) is 6.58 Å². The highest BCUT2D eigenvalue weighted by atomic mass is 35.5. The van der Waals surface area contributed by atoms with Crippen molar-refractivity contribution in [2.75, 3.05) is 0 Å². The molecule has 0 nitrogen and oxygen atoms in total. The highest BCUT2D eigenvalue weighted by molar-refractivity contribution is 6.30. The van der Waals surface area contributed by atoms with Crippen LogP contribution < -0.4 is 0 Å². The first kappa shape index (κ1) is 25.5. The summed E-state index contributed by atoms with van der Waals surface area (Å²) in [4.78, 5) is 0. The Morgan fingerprint density at radius 3 is 1.84 bits per heavy atom. The Balaban J connectivity index is 0. The number of hydrogen-bond donors (Lipinski definition) is 0. The van der Waals surface area contributed by atoms with Gasteiger partial charge in [-0.2, -0.15) is 0 Å². The molecule has 0 saturated carbocycles. The van der Waals surface area contributed by atoms with Crippen LogP contribution in [0.2, 0.25) is 5.02 Å². The Labute approximate surface area is 161 Å². The maximum atomic E-state index is 5.88. The smallest absolute Gasteiger partial charge is 0.0406 e. The largest absolute Gasteiger partial charge is 0.100 e. The Morgan fingerprint density at radius 2 is 1.52 bits per heavy atom. The van der Waals surface area contributed by atoms with Crippen LogP contribution in [0.1, 0.15) is 60.5 Å². The molecular weight excluding hydrogens is 324 g/mol. The maximum Gasteiger partial charge on any atom is 0.0406 e. The van der Waals surface area contributed by atoms with Crippen molar-refractivity contribution in [3.05, 3.63) is 89.0 Å². The van der Waals surface area contributed by atoms with Crippen LogP contribution in [-0.2, 0) is 0 Å². The third-order valence-electron chi connectivity index (χ3n) is 3.27. The molecular formula is C24H35Cl. The van der Waals surface area contributed by atoms with E-state index in [2.05, 4.69) is 59.1 Å². The number of rotatable bonds is 4. The van der Waals surface area contributed by atoms with Crippen LogP contribution in [-0.4, -0.2) is 0 Å². The first-order valence-electron chi connectivity index (χ1n) is 8.67. The lowest BCUT2D eigenvalue weighted by Crippen LogP contribution is -1.87. The Morgan fingerprint density at radius 1 is 1.04 bits per heavy atom. The van der Waals surface area contributed by atoms with Crippen LogP contribution in [0.15, 0.2) is 78.4 Å². The molecule has 0 atom stereocenters. The molecule has 0 bridgehead atoms. The first-order chi connectivity index (χ1) is 11.7. The average molecular weight is 359 g/mol. The Hall–Kier alpha value is -1.79. The van der Waals surface area contributed by atoms with Crippen LogP contribution in [0.3, 0.4) is 0 Å². The van der Waals surface area contributed by atoms with Crippen molar-refractivity contribution >= 4 is 17.2 Å². The van der Waals surface area contributed by atoms with Gasteiger partial charge in [0.15, 0.2) is 0 Å². The van der Waals surface area contributed by atoms with Gasteiger partial charge in [-0.05, 0) is 76.8 Å². The number of hydrogen-bond acceptors (Lipinski definition) is 0. The topological polar surface area (TPSA) is 0 Å². The zero-order chi connectivity index (χ0) is 19.8. The zero-order valence-corrected chi connectivity index (χ0v) is 17.9. The van der Waals surface area contributed by atoms with Gasteiger partial charge in [0.2, 0.25) is 0 Å². The lowest BCUT2D eigenvalue weighted by Gasteiger charge is -2.09. The minimum absolute atomic E-state index is 0.787. The van der Waals surface area contributed by atoms with E-state index in [4.69, 9.17) is 11.6 Å². The molecule has 0 aliphatic carbocycles. The average Bonchev–Trinajstić information content (AvgIpc) is 2.55. The summed E-state index contributed by atoms with van der Waals surface area (Å²) in [5.41, 5.74) is 6.43. The Bertz CT molecular complexity index is 591. The first-order valence-corrected chi connectivity index (χ1v) is 9.05. The van der Waals surface area contributed by atoms with Gasteiger partial charge < -0.3 is 0 Å². The van der Waals surface area contributed by atoms with E-state index in [1.807, 2.05) is 45.1 Å². The van der Waals surface area contributed by atoms with Gasteiger partial charge >= 0.3 is 0 Å². The van der Waals surface area contributed by atoms with Gasteiger partial charge in [0.25, 0.3) is 0 Å². The summed E-state index contributed by atoms with van der Waals surface area (Å²) in [5, 5.41) is 0.787. The van der Waals surface area contributed by atoms with E-state index in [0.29, 0.717) is 0 Å². The van der Waals surface area contributed by atoms with Crippen molar-refractivity contribution < 1.29 is 0 Å². The Kier molecular flexibility index (Phi) is 16.0. The number of allylic oxidation sites excluding steroid dienone is 8. The van der Waals surface area contributed by atoms with E-state index >= 15 is 0 Å². The molecule has 0 saturated heterocycles. The van der Waals surface area contributed by atoms with Gasteiger partial charge in [-0.1, -0.05) is 72.7 Å². The van der Waals surface area contributed by atoms with E-state index in [1.54, 1.807) is 6.08 Å². The summed E-state index contributed by atoms with van der Waals surface area (Å²) in [7, 11) is 0. The van der Waals surface area contributed by atoms with E-state index in [-0.39, 0.29) is 0 Å². The second kappa shape index (κ2) is 15.7. The van der Waals surface area contributed by atoms with Gasteiger partial charge in [0.05, 0.1) is 0 Å². The van der Waals surface area contributed by atoms with Crippen LogP contribution in [0.4, 0.5) is 0 Å². The molecule has 1 rings (SSSR count). The lowest BCUT2D eigenvalue weighted by atomic mass is 9.97. The minimum atomic E-state index is 0.787. The van der Waals surface area contributed by atoms with E-state index in [1.165, 1.54) is 27.9 Å². The summed E-state index contributed by atoms with van der Waals surface area (Å²) in [6, 6.07) is 8.01. The van der Waals surface area contributed by atoms with Crippen molar-refractivity contribution in [3.8, 4) is 0 Å². The number of halogens is 1. The summed E-state index contributed by atoms with van der Waals surface area (Å²) < 4.78 is 0. The molecule has 0 aromatic heterocycles. The molecule has 0 fully saturated rings. The van der Waals surface area contributed by atoms with Gasteiger partial charge in [-0.25, -0.2) is 0 Å². The fourth-order valence-corrected chi connectivity index (χ4v) is 1.93. The summed E-state index contributed by atoms with van der Waals surface area (Å²) >= 11 is 5.88. The standard InChI is InChI=1S/C15H19Cl.C5H8.C4H8/c1-5-6-11(2)12(3)13(4)14-7-9-15(16)10-8-14;1-3-5-4-2;1-4(2)3/h6-10H,5H2,1-4H3;3-5H,1H2,2H3;1H2,2-3H3/b11-6-,13-12-;5-4-;. The predicted molar refractivity (Wildman–Crippen MR) is 119 cm³/mol. The van der Waals surface area contributed by atoms with Crippen molar-refractivity contribution in [2.24, 2.45) is 0 Å². The molecule has 0 radical (unpaired) electrons. The number of benzene rings is 1. The van der Waals surface area contributed by atoms with Gasteiger partial charge in [0.1, 0.15) is 0 Å². The van der Waals surface area contributed by atoms with Crippen LogP contribution in [0, 0.1) is 0 Å². The molecule has 0 spiro atoms. The molecule has 0 aliphatic heterocycles. The quantitative estimate of drug-likeness (QED) is 0.372. The molecule has 1 aromatic carbocycles. The van der Waals surface area contributed by atoms with Crippen LogP contribution >= 0.6 is 11.6 Å². The highest BCUT2D eigenvalue weighted by Crippen LogP contribution is 2.24. The molecule has 138 valence electrons. The summed E-state index contributed by atoms with van der Waals surface area (Å²) in [5.74, 6) is 0. The third kappa shape index (κ3) is 14.3. The molecule has 0 amide bonds. The SMILES string of the molecule is C=C(C)C.C=C/C=C\C.CC/C=C(C)\C(C)=C(\C)c1ccc(Cl)cc1. The molecule has 0 heterocycles. The molecule has 25 heavy (non-hydrogen) atoms. The molecule has 0 N–H and O–H groups in total. The summed E-state index contributed by atoms with van der Waals surface area (Å²) in [6.07, 6.45) is 8.92. The van der Waals surface area contributed by atoms with Gasteiger partial charge in [0, 0.05) is 5.02 Å². The fraction of sp³-hybridized carbons (Fsp3) is 0.333. The van der Waals surface area contributed by atoms with Crippen molar-refractivity contribution in [1.29, 1.82) is 0 Å². The lowest BCUT2D eigenvalue weighted by molar-refractivity contribution is 1.17. The van der Waals surface area contributed by atoms with Crippen molar-refractivity contribution in [2.45, 2.75) is 54.9 Å². The van der Waals surface area contributed by atoms with E-state index in [9.17, 15) is 0 Å². The van der Waals surface area contributed by atoms with Crippen molar-refractivity contribution in [1.82, 2.24) is 0 Å². The maximum absolute atomic E-state index is 5.88. The second-order valence-electron chi connectivity index (χ2n) is 6.02. The molecule has 1 heteroatoms. The van der Waals surface area contributed by atoms with Crippen LogP contribution in [0.25, 0.3) is 5.57 Å². The van der Waals surface area contributed by atoms with E-state index in [0.717, 1.165) is 11.4 Å². The van der Waals surface area contributed by atoms with Crippen molar-refractivity contribution in [3.63, 3.8) is 0 Å². The third-order valence-corrected chi connectivity index (χ3v) is 3.52. The minimum Gasteiger partial charge on any atom is -0.100 e. The second-order valence-corrected chi connectivity index (χ2v) is 6.46. The zero-order valence-electron chi connectivity index (χ0n) is 17.1. The fourth-order valence-electron chi connectivity index (χ4n) is 1.81. The van der Waals surface area contributed by atoms with E-state index < -0.39 is 0 Å². The molecule has 0 unspecified atom stereocenters. The van der Waals surface area contributed by atoms with Gasteiger partial charge in [-0.3, -0.25) is 0 Å². The van der Waals surface area contributed by atoms with Crippen LogP contribution in [0.5, 0.6) is 0 Å².